The van der Waals surface area contributed by atoms with E-state index in [0.29, 0.717) is 28.7 Å². The van der Waals surface area contributed by atoms with Gasteiger partial charge in [-0.05, 0) is 30.2 Å². The number of hydrogen-bond donors (Lipinski definition) is 2. The summed E-state index contributed by atoms with van der Waals surface area (Å²) in [5.74, 6) is -0.163. The number of para-hydroxylation sites is 2. The van der Waals surface area contributed by atoms with Gasteiger partial charge in [0, 0.05) is 6.54 Å². The fourth-order valence-electron chi connectivity index (χ4n) is 3.09. The van der Waals surface area contributed by atoms with Gasteiger partial charge in [-0.3, -0.25) is 4.79 Å². The summed E-state index contributed by atoms with van der Waals surface area (Å²) >= 11 is 0. The van der Waals surface area contributed by atoms with Crippen molar-refractivity contribution in [3.8, 4) is 0 Å². The molecule has 1 amide bonds. The molecular weight excluding hydrogens is 364 g/mol. The van der Waals surface area contributed by atoms with E-state index in [4.69, 9.17) is 5.73 Å². The number of aromatic nitrogens is 3. The van der Waals surface area contributed by atoms with Crippen molar-refractivity contribution < 1.29 is 4.79 Å². The van der Waals surface area contributed by atoms with E-state index in [1.54, 1.807) is 12.3 Å². The van der Waals surface area contributed by atoms with Crippen LogP contribution < -0.4 is 11.1 Å². The van der Waals surface area contributed by atoms with Gasteiger partial charge in [-0.25, -0.2) is 9.97 Å². The van der Waals surface area contributed by atoms with Crippen molar-refractivity contribution in [2.24, 2.45) is 5.10 Å². The highest BCUT2D eigenvalue weighted by Crippen LogP contribution is 2.27. The van der Waals surface area contributed by atoms with Crippen LogP contribution in [0, 0.1) is 6.92 Å². The van der Waals surface area contributed by atoms with Crippen molar-refractivity contribution in [2.45, 2.75) is 6.92 Å². The maximum absolute atomic E-state index is 12.7. The summed E-state index contributed by atoms with van der Waals surface area (Å²) < 4.78 is 1.46. The van der Waals surface area contributed by atoms with Crippen molar-refractivity contribution in [1.29, 1.82) is 0 Å². The second kappa shape index (κ2) is 7.55. The number of hydrogen-bond acceptors (Lipinski definition) is 5. The Morgan fingerprint density at radius 2 is 1.86 bits per heavy atom. The van der Waals surface area contributed by atoms with Gasteiger partial charge >= 0.3 is 0 Å². The molecule has 2 aromatic carbocycles. The smallest absolute Gasteiger partial charge is 0.257 e. The number of nitrogens with one attached hydrogen (secondary N) is 1. The summed E-state index contributed by atoms with van der Waals surface area (Å²) in [5, 5.41) is 7.28. The molecule has 0 radical (unpaired) electrons. The lowest BCUT2D eigenvalue weighted by Gasteiger charge is -2.03. The Morgan fingerprint density at radius 1 is 1.17 bits per heavy atom. The topological polar surface area (TPSA) is 98.2 Å². The Balaban J connectivity index is 1.94. The van der Waals surface area contributed by atoms with Crippen molar-refractivity contribution in [3.05, 3.63) is 77.9 Å². The molecule has 0 atom stereocenters. The van der Waals surface area contributed by atoms with Crippen molar-refractivity contribution in [2.75, 3.05) is 12.3 Å². The lowest BCUT2D eigenvalue weighted by Crippen LogP contribution is -2.24. The van der Waals surface area contributed by atoms with Crippen LogP contribution >= 0.6 is 0 Å². The molecule has 0 bridgehead atoms. The number of nitrogens with zero attached hydrogens (tertiary/aromatic N) is 4. The molecule has 0 saturated heterocycles. The Labute approximate surface area is 167 Å². The fraction of sp³-hybridized carbons (Fsp3) is 0.0909. The molecule has 0 aliphatic carbocycles. The van der Waals surface area contributed by atoms with Crippen LogP contribution in [0.3, 0.4) is 0 Å². The number of benzene rings is 2. The molecule has 0 aliphatic rings. The third kappa shape index (κ3) is 3.34. The third-order valence-corrected chi connectivity index (χ3v) is 4.61. The summed E-state index contributed by atoms with van der Waals surface area (Å²) in [7, 11) is 0. The van der Waals surface area contributed by atoms with Crippen molar-refractivity contribution >= 4 is 40.1 Å². The molecule has 0 fully saturated rings. The highest BCUT2D eigenvalue weighted by molar-refractivity contribution is 6.10. The number of carbonyl (C=O) groups excluding carboxylic acids is 1. The average molecular weight is 384 g/mol. The number of fused-ring (bicyclic) bond motifs is 2. The molecule has 0 saturated carbocycles. The summed E-state index contributed by atoms with van der Waals surface area (Å²) in [6.07, 6.45) is 3.30. The summed E-state index contributed by atoms with van der Waals surface area (Å²) in [6, 6.07) is 15.3. The highest BCUT2D eigenvalue weighted by Gasteiger charge is 2.23. The number of nitrogens with two attached hydrogens (primary N) is 1. The minimum atomic E-state index is -0.346. The maximum Gasteiger partial charge on any atom is 0.257 e. The van der Waals surface area contributed by atoms with E-state index < -0.39 is 0 Å². The molecule has 7 heteroatoms. The Morgan fingerprint density at radius 3 is 2.59 bits per heavy atom. The lowest BCUT2D eigenvalue weighted by atomic mass is 10.1. The molecule has 4 rings (SSSR count). The van der Waals surface area contributed by atoms with E-state index >= 15 is 0 Å². The zero-order chi connectivity index (χ0) is 20.4. The predicted octanol–water partition coefficient (Wildman–Crippen LogP) is 3.27. The first-order chi connectivity index (χ1) is 14.1. The van der Waals surface area contributed by atoms with Gasteiger partial charge in [0.05, 0.1) is 17.2 Å². The standard InChI is InChI=1S/C22H20N6O/c1-3-12-24-22(29)18-19-21(27-17-11-7-6-10-16(17)26-19)28(20(18)23)25-13-15-9-5-4-8-14(15)2/h3-11,13H,1,12,23H2,2H3,(H,24,29)/b25-13-. The maximum atomic E-state index is 12.7. The second-order valence-electron chi connectivity index (χ2n) is 6.56. The van der Waals surface area contributed by atoms with E-state index in [9.17, 15) is 4.79 Å². The average Bonchev–Trinajstić information content (AvgIpc) is 3.00. The second-order valence-corrected chi connectivity index (χ2v) is 6.56. The van der Waals surface area contributed by atoms with E-state index in [0.717, 1.165) is 11.1 Å². The van der Waals surface area contributed by atoms with Gasteiger partial charge in [-0.2, -0.15) is 9.78 Å². The van der Waals surface area contributed by atoms with Crippen LogP contribution in [0.2, 0.25) is 0 Å². The van der Waals surface area contributed by atoms with Gasteiger partial charge in [0.25, 0.3) is 5.91 Å². The molecule has 7 nitrogen and oxygen atoms in total. The van der Waals surface area contributed by atoms with Crippen LogP contribution in [-0.4, -0.2) is 33.3 Å². The van der Waals surface area contributed by atoms with Gasteiger partial charge in [0.1, 0.15) is 16.9 Å². The summed E-state index contributed by atoms with van der Waals surface area (Å²) in [4.78, 5) is 22.0. The number of anilines is 1. The largest absolute Gasteiger partial charge is 0.383 e. The minimum Gasteiger partial charge on any atom is -0.383 e. The first-order valence-corrected chi connectivity index (χ1v) is 9.16. The number of aryl methyl sites for hydroxylation is 1. The molecule has 2 aromatic heterocycles. The van der Waals surface area contributed by atoms with Crippen LogP contribution in [0.25, 0.3) is 22.2 Å². The van der Waals surface area contributed by atoms with E-state index in [1.807, 2.05) is 55.5 Å². The van der Waals surface area contributed by atoms with Crippen LogP contribution in [0.4, 0.5) is 5.82 Å². The van der Waals surface area contributed by atoms with E-state index in [2.05, 4.69) is 27.0 Å². The molecule has 0 aliphatic heterocycles. The van der Waals surface area contributed by atoms with Gasteiger partial charge in [0.2, 0.25) is 0 Å². The molecule has 0 spiro atoms. The number of nitrogen functional groups attached to an aromatic ring is 1. The molecular formula is C22H20N6O. The van der Waals surface area contributed by atoms with Crippen LogP contribution in [0.5, 0.6) is 0 Å². The van der Waals surface area contributed by atoms with Gasteiger partial charge in [0.15, 0.2) is 5.65 Å². The SMILES string of the molecule is C=CCNC(=O)c1c(N)n(/N=C\c2ccccc2C)c2nc3ccccc3nc12. The molecule has 2 heterocycles. The zero-order valence-electron chi connectivity index (χ0n) is 16.0. The molecule has 4 aromatic rings. The quantitative estimate of drug-likeness (QED) is 0.407. The van der Waals surface area contributed by atoms with E-state index in [1.165, 1.54) is 4.68 Å². The fourth-order valence-corrected chi connectivity index (χ4v) is 3.09. The Bertz CT molecular complexity index is 1270. The molecule has 144 valence electrons. The normalized spacial score (nSPS) is 11.3. The molecule has 29 heavy (non-hydrogen) atoms. The highest BCUT2D eigenvalue weighted by atomic mass is 16.1. The number of rotatable bonds is 5. The van der Waals surface area contributed by atoms with Gasteiger partial charge < -0.3 is 11.1 Å². The third-order valence-electron chi connectivity index (χ3n) is 4.61. The minimum absolute atomic E-state index is 0.182. The van der Waals surface area contributed by atoms with E-state index in [-0.39, 0.29) is 17.3 Å². The lowest BCUT2D eigenvalue weighted by molar-refractivity contribution is 0.0960. The number of carbonyl (C=O) groups is 1. The van der Waals surface area contributed by atoms with Crippen LogP contribution in [0.15, 0.2) is 66.3 Å². The van der Waals surface area contributed by atoms with Gasteiger partial charge in [-0.1, -0.05) is 42.5 Å². The van der Waals surface area contributed by atoms with Crippen LogP contribution in [-0.2, 0) is 0 Å². The zero-order valence-corrected chi connectivity index (χ0v) is 16.0. The van der Waals surface area contributed by atoms with Crippen molar-refractivity contribution in [3.63, 3.8) is 0 Å². The first kappa shape index (κ1) is 18.4. The Hall–Kier alpha value is -4.00. The molecule has 3 N–H and O–H groups in total. The predicted molar refractivity (Wildman–Crippen MR) is 116 cm³/mol. The Kier molecular flexibility index (Phi) is 4.78. The van der Waals surface area contributed by atoms with Crippen molar-refractivity contribution in [1.82, 2.24) is 20.0 Å². The summed E-state index contributed by atoms with van der Waals surface area (Å²) in [5.41, 5.74) is 10.8. The van der Waals surface area contributed by atoms with Gasteiger partial charge in [-0.15, -0.1) is 6.58 Å². The monoisotopic (exact) mass is 384 g/mol. The first-order valence-electron chi connectivity index (χ1n) is 9.16. The summed E-state index contributed by atoms with van der Waals surface area (Å²) in [6.45, 7) is 5.94. The molecule has 0 unspecified atom stereocenters. The number of amides is 1. The van der Waals surface area contributed by atoms with Crippen LogP contribution in [0.1, 0.15) is 21.5 Å².